The highest BCUT2D eigenvalue weighted by atomic mass is 32.2. The van der Waals surface area contributed by atoms with Gasteiger partial charge in [0.25, 0.3) is 0 Å². The first-order chi connectivity index (χ1) is 10.4. The molecule has 0 bridgehead atoms. The number of benzene rings is 1. The van der Waals surface area contributed by atoms with Crippen LogP contribution in [-0.2, 0) is 14.8 Å². The summed E-state index contributed by atoms with van der Waals surface area (Å²) in [6, 6.07) is 3.38. The topological polar surface area (TPSA) is 93.1 Å². The molecule has 1 aromatic carbocycles. The Morgan fingerprint density at radius 3 is 2.59 bits per heavy atom. The molecule has 0 spiro atoms. The van der Waals surface area contributed by atoms with Gasteiger partial charge in [-0.3, -0.25) is 4.79 Å². The maximum atomic E-state index is 12.9. The van der Waals surface area contributed by atoms with E-state index in [0.29, 0.717) is 25.0 Å². The Morgan fingerprint density at radius 2 is 2.00 bits per heavy atom. The van der Waals surface area contributed by atoms with Crippen LogP contribution in [0, 0.1) is 0 Å². The number of methoxy groups -OCH3 is 2. The van der Waals surface area contributed by atoms with E-state index in [9.17, 15) is 18.3 Å². The number of hydrogen-bond donors (Lipinski definition) is 1. The fourth-order valence-electron chi connectivity index (χ4n) is 2.55. The molecule has 1 fully saturated rings. The minimum Gasteiger partial charge on any atom is -0.497 e. The van der Waals surface area contributed by atoms with Crippen LogP contribution in [-0.4, -0.2) is 50.6 Å². The summed E-state index contributed by atoms with van der Waals surface area (Å²) in [5.41, 5.74) is 0. The van der Waals surface area contributed by atoms with Gasteiger partial charge in [0.15, 0.2) is 0 Å². The third-order valence-electron chi connectivity index (χ3n) is 3.70. The summed E-state index contributed by atoms with van der Waals surface area (Å²) in [5, 5.41) is 9.28. The van der Waals surface area contributed by atoms with Crippen molar-refractivity contribution in [2.45, 2.75) is 30.2 Å². The zero-order chi connectivity index (χ0) is 16.3. The van der Waals surface area contributed by atoms with E-state index in [1.54, 1.807) is 6.07 Å². The van der Waals surface area contributed by atoms with Gasteiger partial charge in [0.05, 0.1) is 14.2 Å². The maximum Gasteiger partial charge on any atom is 0.322 e. The van der Waals surface area contributed by atoms with Crippen molar-refractivity contribution in [3.8, 4) is 11.5 Å². The minimum absolute atomic E-state index is 0.0810. The molecule has 1 aromatic rings. The van der Waals surface area contributed by atoms with Gasteiger partial charge in [-0.25, -0.2) is 8.42 Å². The lowest BCUT2D eigenvalue weighted by Crippen LogP contribution is -2.47. The van der Waals surface area contributed by atoms with Crippen LogP contribution in [0.2, 0.25) is 0 Å². The zero-order valence-electron chi connectivity index (χ0n) is 12.5. The van der Waals surface area contributed by atoms with E-state index in [1.165, 1.54) is 26.4 Å². The third kappa shape index (κ3) is 3.02. The number of carboxylic acid groups (broad SMARTS) is 1. The predicted octanol–water partition coefficient (Wildman–Crippen LogP) is 1.33. The number of sulfonamides is 1. The molecule has 0 aromatic heterocycles. The number of rotatable bonds is 5. The second-order valence-corrected chi connectivity index (χ2v) is 6.84. The van der Waals surface area contributed by atoms with E-state index >= 15 is 0 Å². The molecular formula is C14H19NO6S. The highest BCUT2D eigenvalue weighted by molar-refractivity contribution is 7.89. The van der Waals surface area contributed by atoms with Crippen LogP contribution >= 0.6 is 0 Å². The molecule has 0 unspecified atom stereocenters. The van der Waals surface area contributed by atoms with Gasteiger partial charge in [-0.1, -0.05) is 0 Å². The Kier molecular flexibility index (Phi) is 4.92. The SMILES string of the molecule is COc1ccc(OC)c(S(=O)(=O)N2CCCC[C@H]2C(=O)O)c1. The first-order valence-electron chi connectivity index (χ1n) is 6.88. The van der Waals surface area contributed by atoms with Gasteiger partial charge in [0, 0.05) is 12.6 Å². The Balaban J connectivity index is 2.51. The lowest BCUT2D eigenvalue weighted by Gasteiger charge is -2.32. The number of ether oxygens (including phenoxy) is 2. The predicted molar refractivity (Wildman–Crippen MR) is 78.7 cm³/mol. The van der Waals surface area contributed by atoms with E-state index in [4.69, 9.17) is 9.47 Å². The molecule has 0 radical (unpaired) electrons. The van der Waals surface area contributed by atoms with Crippen molar-refractivity contribution in [1.82, 2.24) is 4.31 Å². The molecule has 8 heteroatoms. The van der Waals surface area contributed by atoms with Gasteiger partial charge in [-0.05, 0) is 31.4 Å². The smallest absolute Gasteiger partial charge is 0.322 e. The molecular weight excluding hydrogens is 310 g/mol. The molecule has 1 atom stereocenters. The van der Waals surface area contributed by atoms with Crippen molar-refractivity contribution in [3.63, 3.8) is 0 Å². The van der Waals surface area contributed by atoms with E-state index in [2.05, 4.69) is 0 Å². The van der Waals surface area contributed by atoms with Crippen molar-refractivity contribution >= 4 is 16.0 Å². The first kappa shape index (κ1) is 16.6. The summed E-state index contributed by atoms with van der Waals surface area (Å²) < 4.78 is 37.0. The zero-order valence-corrected chi connectivity index (χ0v) is 13.3. The summed E-state index contributed by atoms with van der Waals surface area (Å²) in [4.78, 5) is 11.3. The minimum atomic E-state index is -3.98. The molecule has 0 amide bonds. The molecule has 2 rings (SSSR count). The summed E-state index contributed by atoms with van der Waals surface area (Å²) in [6.07, 6.45) is 1.63. The summed E-state index contributed by atoms with van der Waals surface area (Å²) in [6.45, 7) is 0.180. The molecule has 22 heavy (non-hydrogen) atoms. The first-order valence-corrected chi connectivity index (χ1v) is 8.32. The van der Waals surface area contributed by atoms with Crippen LogP contribution in [0.3, 0.4) is 0 Å². The standard InChI is InChI=1S/C14H19NO6S/c1-20-10-6-7-12(21-2)13(9-10)22(18,19)15-8-4-3-5-11(15)14(16)17/h6-7,9,11H,3-5,8H2,1-2H3,(H,16,17)/t11-/m0/s1. The lowest BCUT2D eigenvalue weighted by atomic mass is 10.1. The number of nitrogens with zero attached hydrogens (tertiary/aromatic N) is 1. The van der Waals surface area contributed by atoms with Crippen LogP contribution in [0.4, 0.5) is 0 Å². The fraction of sp³-hybridized carbons (Fsp3) is 0.500. The fourth-order valence-corrected chi connectivity index (χ4v) is 4.37. The van der Waals surface area contributed by atoms with Crippen LogP contribution in [0.5, 0.6) is 11.5 Å². The summed E-state index contributed by atoms with van der Waals surface area (Å²) >= 11 is 0. The maximum absolute atomic E-state index is 12.9. The van der Waals surface area contributed by atoms with Crippen LogP contribution in [0.15, 0.2) is 23.1 Å². The average molecular weight is 329 g/mol. The van der Waals surface area contributed by atoms with Crippen LogP contribution in [0.25, 0.3) is 0 Å². The highest BCUT2D eigenvalue weighted by Gasteiger charge is 2.39. The number of piperidine rings is 1. The molecule has 7 nitrogen and oxygen atoms in total. The van der Waals surface area contributed by atoms with E-state index in [0.717, 1.165) is 4.31 Å². The van der Waals surface area contributed by atoms with Gasteiger partial charge < -0.3 is 14.6 Å². The normalized spacial score (nSPS) is 19.6. The van der Waals surface area contributed by atoms with E-state index in [-0.39, 0.29) is 17.2 Å². The van der Waals surface area contributed by atoms with Crippen molar-refractivity contribution in [2.75, 3.05) is 20.8 Å². The highest BCUT2D eigenvalue weighted by Crippen LogP contribution is 2.33. The quantitative estimate of drug-likeness (QED) is 0.876. The lowest BCUT2D eigenvalue weighted by molar-refractivity contribution is -0.142. The summed E-state index contributed by atoms with van der Waals surface area (Å²) in [5.74, 6) is -0.607. The molecule has 1 N–H and O–H groups in total. The second kappa shape index (κ2) is 6.53. The molecule has 0 saturated carbocycles. The third-order valence-corrected chi connectivity index (χ3v) is 5.63. The molecule has 0 aliphatic carbocycles. The number of hydrogen-bond acceptors (Lipinski definition) is 5. The second-order valence-electron chi connectivity index (χ2n) is 4.98. The summed E-state index contributed by atoms with van der Waals surface area (Å²) in [7, 11) is -1.19. The van der Waals surface area contributed by atoms with Crippen LogP contribution < -0.4 is 9.47 Å². The van der Waals surface area contributed by atoms with Crippen molar-refractivity contribution < 1.29 is 27.8 Å². The molecule has 1 saturated heterocycles. The van der Waals surface area contributed by atoms with Crippen molar-refractivity contribution in [2.24, 2.45) is 0 Å². The number of carbonyl (C=O) groups is 1. The van der Waals surface area contributed by atoms with Crippen LogP contribution in [0.1, 0.15) is 19.3 Å². The van der Waals surface area contributed by atoms with Gasteiger partial charge in [-0.2, -0.15) is 4.31 Å². The average Bonchev–Trinajstić information content (AvgIpc) is 2.54. The van der Waals surface area contributed by atoms with Gasteiger partial charge in [-0.15, -0.1) is 0 Å². The van der Waals surface area contributed by atoms with Crippen molar-refractivity contribution in [3.05, 3.63) is 18.2 Å². The van der Waals surface area contributed by atoms with E-state index < -0.39 is 22.0 Å². The van der Waals surface area contributed by atoms with Crippen molar-refractivity contribution in [1.29, 1.82) is 0 Å². The van der Waals surface area contributed by atoms with Gasteiger partial charge >= 0.3 is 5.97 Å². The molecule has 1 aliphatic rings. The molecule has 122 valence electrons. The van der Waals surface area contributed by atoms with Gasteiger partial charge in [0.2, 0.25) is 10.0 Å². The number of carboxylic acids is 1. The Morgan fingerprint density at radius 1 is 1.27 bits per heavy atom. The Labute approximate surface area is 129 Å². The Bertz CT molecular complexity index is 657. The molecule has 1 aliphatic heterocycles. The number of aliphatic carboxylic acids is 1. The molecule has 1 heterocycles. The Hall–Kier alpha value is -1.80. The monoisotopic (exact) mass is 329 g/mol. The van der Waals surface area contributed by atoms with Gasteiger partial charge in [0.1, 0.15) is 22.4 Å². The van der Waals surface area contributed by atoms with E-state index in [1.807, 2.05) is 0 Å². The largest absolute Gasteiger partial charge is 0.497 e.